The third kappa shape index (κ3) is 6.64. The van der Waals surface area contributed by atoms with Gasteiger partial charge in [0.1, 0.15) is 0 Å². The van der Waals surface area contributed by atoms with E-state index in [-0.39, 0.29) is 11.8 Å². The maximum absolute atomic E-state index is 12.0. The zero-order chi connectivity index (χ0) is 16.5. The van der Waals surface area contributed by atoms with Crippen molar-refractivity contribution in [2.24, 2.45) is 10.9 Å². The van der Waals surface area contributed by atoms with Crippen LogP contribution in [0.25, 0.3) is 0 Å². The molecule has 0 spiro atoms. The highest BCUT2D eigenvalue weighted by Crippen LogP contribution is 2.12. The van der Waals surface area contributed by atoms with Crippen molar-refractivity contribution in [1.82, 2.24) is 20.4 Å². The number of aliphatic imine (C=N–C) groups is 1. The summed E-state index contributed by atoms with van der Waals surface area (Å²) >= 11 is 0. The Labute approximate surface area is 135 Å². The maximum Gasteiger partial charge on any atom is 0.225 e. The van der Waals surface area contributed by atoms with Crippen molar-refractivity contribution < 1.29 is 4.79 Å². The van der Waals surface area contributed by atoms with Gasteiger partial charge in [0.2, 0.25) is 5.91 Å². The first-order valence-corrected chi connectivity index (χ1v) is 8.42. The van der Waals surface area contributed by atoms with E-state index >= 15 is 0 Å². The number of hydrogen-bond donors (Lipinski definition) is 2. The first kappa shape index (κ1) is 18.7. The summed E-state index contributed by atoms with van der Waals surface area (Å²) in [6.07, 6.45) is 2.03. The van der Waals surface area contributed by atoms with Crippen LogP contribution in [0, 0.1) is 5.92 Å². The molecule has 6 heteroatoms. The number of carbonyl (C=O) groups is 1. The summed E-state index contributed by atoms with van der Waals surface area (Å²) in [6.45, 7) is 10.3. The lowest BCUT2D eigenvalue weighted by molar-refractivity contribution is -0.133. The summed E-state index contributed by atoms with van der Waals surface area (Å²) in [5.41, 5.74) is 0. The van der Waals surface area contributed by atoms with Gasteiger partial charge in [-0.1, -0.05) is 13.8 Å². The number of likely N-dealkylation sites (tertiary alicyclic amines) is 1. The van der Waals surface area contributed by atoms with Gasteiger partial charge >= 0.3 is 0 Å². The van der Waals surface area contributed by atoms with Gasteiger partial charge in [0.25, 0.3) is 0 Å². The van der Waals surface area contributed by atoms with Crippen LogP contribution in [0.5, 0.6) is 0 Å². The summed E-state index contributed by atoms with van der Waals surface area (Å²) in [4.78, 5) is 20.8. The normalized spacial score (nSPS) is 19.1. The van der Waals surface area contributed by atoms with Crippen LogP contribution in [0.15, 0.2) is 4.99 Å². The van der Waals surface area contributed by atoms with E-state index in [0.29, 0.717) is 6.04 Å². The second-order valence-corrected chi connectivity index (χ2v) is 6.49. The molecule has 1 heterocycles. The van der Waals surface area contributed by atoms with Gasteiger partial charge in [-0.2, -0.15) is 0 Å². The van der Waals surface area contributed by atoms with Gasteiger partial charge in [-0.3, -0.25) is 9.79 Å². The quantitative estimate of drug-likeness (QED) is 0.414. The van der Waals surface area contributed by atoms with Crippen molar-refractivity contribution in [2.45, 2.75) is 39.7 Å². The minimum absolute atomic E-state index is 0.0756. The minimum atomic E-state index is 0.0756. The Morgan fingerprint density at radius 1 is 1.41 bits per heavy atom. The molecule has 1 aliphatic heterocycles. The average molecular weight is 311 g/mol. The summed E-state index contributed by atoms with van der Waals surface area (Å²) in [7, 11) is 4.15. The van der Waals surface area contributed by atoms with E-state index in [0.717, 1.165) is 51.5 Å². The van der Waals surface area contributed by atoms with E-state index < -0.39 is 0 Å². The second-order valence-electron chi connectivity index (χ2n) is 6.49. The van der Waals surface area contributed by atoms with Crippen LogP contribution in [0.3, 0.4) is 0 Å². The number of hydrogen-bond acceptors (Lipinski definition) is 3. The fourth-order valence-electron chi connectivity index (χ4n) is 2.53. The second kappa shape index (κ2) is 9.66. The van der Waals surface area contributed by atoms with Crippen LogP contribution in [0.1, 0.15) is 33.6 Å². The molecule has 0 radical (unpaired) electrons. The largest absolute Gasteiger partial charge is 0.357 e. The van der Waals surface area contributed by atoms with Crippen molar-refractivity contribution in [3.05, 3.63) is 0 Å². The third-order valence-corrected chi connectivity index (χ3v) is 3.71. The van der Waals surface area contributed by atoms with Crippen LogP contribution in [-0.2, 0) is 4.79 Å². The summed E-state index contributed by atoms with van der Waals surface area (Å²) < 4.78 is 0. The Morgan fingerprint density at radius 2 is 2.14 bits per heavy atom. The molecule has 0 saturated carbocycles. The Hall–Kier alpha value is -1.30. The fraction of sp³-hybridized carbons (Fsp3) is 0.875. The van der Waals surface area contributed by atoms with Crippen molar-refractivity contribution in [3.63, 3.8) is 0 Å². The molecule has 1 amide bonds. The van der Waals surface area contributed by atoms with Crippen LogP contribution in [0.2, 0.25) is 0 Å². The number of carbonyl (C=O) groups excluding carboxylic acids is 1. The highest BCUT2D eigenvalue weighted by Gasteiger charge is 2.27. The van der Waals surface area contributed by atoms with Crippen molar-refractivity contribution in [1.29, 1.82) is 0 Å². The first-order valence-electron chi connectivity index (χ1n) is 8.42. The van der Waals surface area contributed by atoms with E-state index in [4.69, 9.17) is 0 Å². The number of nitrogens with one attached hydrogen (secondary N) is 2. The minimum Gasteiger partial charge on any atom is -0.357 e. The van der Waals surface area contributed by atoms with Gasteiger partial charge in [0.15, 0.2) is 5.96 Å². The molecule has 128 valence electrons. The number of nitrogens with zero attached hydrogens (tertiary/aromatic N) is 3. The van der Waals surface area contributed by atoms with E-state index in [1.54, 1.807) is 0 Å². The Bertz CT molecular complexity index is 368. The number of guanidine groups is 1. The Balaban J connectivity index is 2.43. The van der Waals surface area contributed by atoms with Crippen molar-refractivity contribution >= 4 is 11.9 Å². The van der Waals surface area contributed by atoms with Crippen LogP contribution in [-0.4, -0.2) is 74.5 Å². The molecule has 22 heavy (non-hydrogen) atoms. The molecule has 1 fully saturated rings. The smallest absolute Gasteiger partial charge is 0.225 e. The SMILES string of the molecule is CCNC(=NCCCN(C)C)NC1CCN(C(=O)C(C)C)C1. The lowest BCUT2D eigenvalue weighted by Crippen LogP contribution is -2.45. The fourth-order valence-corrected chi connectivity index (χ4v) is 2.53. The first-order chi connectivity index (χ1) is 10.4. The highest BCUT2D eigenvalue weighted by atomic mass is 16.2. The summed E-state index contributed by atoms with van der Waals surface area (Å²) in [5, 5.41) is 6.75. The molecular formula is C16H33N5O. The van der Waals surface area contributed by atoms with E-state index in [1.165, 1.54) is 0 Å². The number of rotatable bonds is 7. The van der Waals surface area contributed by atoms with Gasteiger partial charge in [0.05, 0.1) is 0 Å². The molecule has 1 atom stereocenters. The number of amides is 1. The van der Waals surface area contributed by atoms with Gasteiger partial charge in [-0.05, 0) is 40.4 Å². The zero-order valence-electron chi connectivity index (χ0n) is 14.9. The van der Waals surface area contributed by atoms with Crippen LogP contribution >= 0.6 is 0 Å². The summed E-state index contributed by atoms with van der Waals surface area (Å²) in [6, 6.07) is 0.300. The molecule has 1 rings (SSSR count). The van der Waals surface area contributed by atoms with Crippen LogP contribution in [0.4, 0.5) is 0 Å². The Kier molecular flexibility index (Phi) is 8.24. The molecular weight excluding hydrogens is 278 g/mol. The standard InChI is InChI=1S/C16H33N5O/c1-6-17-16(18-9-7-10-20(4)5)19-14-8-11-21(12-14)15(22)13(2)3/h13-14H,6-12H2,1-5H3,(H2,17,18,19). The summed E-state index contributed by atoms with van der Waals surface area (Å²) in [5.74, 6) is 1.19. The van der Waals surface area contributed by atoms with Gasteiger partial charge in [-0.25, -0.2) is 0 Å². The topological polar surface area (TPSA) is 60.0 Å². The van der Waals surface area contributed by atoms with E-state index in [1.807, 2.05) is 18.7 Å². The lowest BCUT2D eigenvalue weighted by Gasteiger charge is -2.20. The van der Waals surface area contributed by atoms with Gasteiger partial charge in [-0.15, -0.1) is 0 Å². The molecule has 0 bridgehead atoms. The van der Waals surface area contributed by atoms with Crippen molar-refractivity contribution in [3.8, 4) is 0 Å². The molecule has 1 unspecified atom stereocenters. The maximum atomic E-state index is 12.0. The lowest BCUT2D eigenvalue weighted by atomic mass is 10.2. The van der Waals surface area contributed by atoms with E-state index in [9.17, 15) is 4.79 Å². The molecule has 0 aliphatic carbocycles. The van der Waals surface area contributed by atoms with E-state index in [2.05, 4.69) is 41.5 Å². The predicted molar refractivity (Wildman–Crippen MR) is 92.1 cm³/mol. The predicted octanol–water partition coefficient (Wildman–Crippen LogP) is 0.750. The van der Waals surface area contributed by atoms with Crippen LogP contribution < -0.4 is 10.6 Å². The molecule has 1 saturated heterocycles. The Morgan fingerprint density at radius 3 is 2.73 bits per heavy atom. The molecule has 0 aromatic carbocycles. The molecule has 2 N–H and O–H groups in total. The molecule has 0 aromatic heterocycles. The molecule has 1 aliphatic rings. The average Bonchev–Trinajstić information content (AvgIpc) is 2.91. The molecule has 6 nitrogen and oxygen atoms in total. The third-order valence-electron chi connectivity index (χ3n) is 3.71. The van der Waals surface area contributed by atoms with Crippen molar-refractivity contribution in [2.75, 3.05) is 46.8 Å². The van der Waals surface area contributed by atoms with Gasteiger partial charge in [0, 0.05) is 38.1 Å². The highest BCUT2D eigenvalue weighted by molar-refractivity contribution is 5.81. The zero-order valence-corrected chi connectivity index (χ0v) is 14.9. The van der Waals surface area contributed by atoms with Gasteiger partial charge < -0.3 is 20.4 Å². The molecule has 0 aromatic rings. The monoisotopic (exact) mass is 311 g/mol.